The van der Waals surface area contributed by atoms with Crippen LogP contribution in [-0.4, -0.2) is 25.0 Å². The Hall–Kier alpha value is -2.86. The predicted octanol–water partition coefficient (Wildman–Crippen LogP) is 4.67. The van der Waals surface area contributed by atoms with E-state index in [0.717, 1.165) is 12.1 Å². The largest absolute Gasteiger partial charge is 0.490 e. The fourth-order valence-corrected chi connectivity index (χ4v) is 3.16. The smallest absolute Gasteiger partial charge is 0.257 e. The number of hydrogen-bond donors (Lipinski definition) is 1. The number of amides is 2. The Bertz CT molecular complexity index is 959. The maximum absolute atomic E-state index is 13.2. The van der Waals surface area contributed by atoms with E-state index < -0.39 is 17.1 Å². The lowest BCUT2D eigenvalue weighted by Gasteiger charge is -2.27. The van der Waals surface area contributed by atoms with Crippen molar-refractivity contribution in [3.05, 3.63) is 65.5 Å². The van der Waals surface area contributed by atoms with Gasteiger partial charge < -0.3 is 15.0 Å². The van der Waals surface area contributed by atoms with Gasteiger partial charge in [0.2, 0.25) is 5.91 Å². The third-order valence-corrected chi connectivity index (χ3v) is 4.72. The molecule has 0 fully saturated rings. The number of halogens is 2. The van der Waals surface area contributed by atoms with Gasteiger partial charge in [0.15, 0.2) is 0 Å². The average molecular weight is 403 g/mol. The van der Waals surface area contributed by atoms with E-state index in [1.165, 1.54) is 6.07 Å². The summed E-state index contributed by atoms with van der Waals surface area (Å²) in [6.07, 6.45) is 1.63. The Morgan fingerprint density at radius 2 is 2.11 bits per heavy atom. The van der Waals surface area contributed by atoms with E-state index in [9.17, 15) is 14.0 Å². The number of rotatable bonds is 4. The van der Waals surface area contributed by atoms with Crippen molar-refractivity contribution in [3.63, 3.8) is 0 Å². The van der Waals surface area contributed by atoms with Crippen LogP contribution in [0.25, 0.3) is 0 Å². The number of benzene rings is 2. The molecule has 1 heterocycles. The lowest BCUT2D eigenvalue weighted by Crippen LogP contribution is -2.42. The lowest BCUT2D eigenvalue weighted by molar-refractivity contribution is -0.127. The minimum atomic E-state index is -0.701. The van der Waals surface area contributed by atoms with Crippen molar-refractivity contribution >= 4 is 34.8 Å². The second-order valence-electron chi connectivity index (χ2n) is 7.14. The molecule has 0 radical (unpaired) electrons. The molecule has 1 aliphatic heterocycles. The highest BCUT2D eigenvalue weighted by molar-refractivity contribution is 6.34. The summed E-state index contributed by atoms with van der Waals surface area (Å²) >= 11 is 5.96. The molecule has 0 aromatic heterocycles. The molecule has 0 aliphatic carbocycles. The zero-order valence-corrected chi connectivity index (χ0v) is 16.3. The summed E-state index contributed by atoms with van der Waals surface area (Å²) in [6, 6.07) is 8.58. The average Bonchev–Trinajstić information content (AvgIpc) is 2.72. The van der Waals surface area contributed by atoms with Gasteiger partial charge in [-0.1, -0.05) is 17.7 Å². The van der Waals surface area contributed by atoms with Crippen LogP contribution in [0.1, 0.15) is 24.2 Å². The van der Waals surface area contributed by atoms with Crippen LogP contribution in [-0.2, 0) is 4.79 Å². The SMILES string of the molecule is C=CCN1C(=O)C(C)(C)COc2ccc(NC(=O)c3ccc(F)cc3Cl)cc21. The Kier molecular flexibility index (Phi) is 5.42. The van der Waals surface area contributed by atoms with Crippen LogP contribution in [0.2, 0.25) is 5.02 Å². The highest BCUT2D eigenvalue weighted by Gasteiger charge is 2.37. The summed E-state index contributed by atoms with van der Waals surface area (Å²) in [5.41, 5.74) is 0.440. The van der Waals surface area contributed by atoms with Gasteiger partial charge in [0.25, 0.3) is 5.91 Å². The molecule has 2 aromatic carbocycles. The van der Waals surface area contributed by atoms with Crippen molar-refractivity contribution in [3.8, 4) is 5.75 Å². The number of carbonyl (C=O) groups is 2. The van der Waals surface area contributed by atoms with Gasteiger partial charge in [-0.15, -0.1) is 6.58 Å². The Morgan fingerprint density at radius 1 is 1.36 bits per heavy atom. The van der Waals surface area contributed by atoms with E-state index in [1.807, 2.05) is 13.8 Å². The monoisotopic (exact) mass is 402 g/mol. The normalized spacial score (nSPS) is 15.3. The zero-order valence-electron chi connectivity index (χ0n) is 15.6. The quantitative estimate of drug-likeness (QED) is 0.756. The summed E-state index contributed by atoms with van der Waals surface area (Å²) < 4.78 is 19.0. The Morgan fingerprint density at radius 3 is 2.79 bits per heavy atom. The number of nitrogens with one attached hydrogen (secondary N) is 1. The molecule has 0 saturated heterocycles. The zero-order chi connectivity index (χ0) is 20.5. The molecule has 2 aromatic rings. The first-order chi connectivity index (χ1) is 13.2. The number of ether oxygens (including phenoxy) is 1. The maximum atomic E-state index is 13.2. The first-order valence-electron chi connectivity index (χ1n) is 8.69. The summed E-state index contributed by atoms with van der Waals surface area (Å²) in [5.74, 6) is -0.568. The van der Waals surface area contributed by atoms with Crippen molar-refractivity contribution in [2.75, 3.05) is 23.4 Å². The van der Waals surface area contributed by atoms with Crippen LogP contribution in [0, 0.1) is 11.2 Å². The Balaban J connectivity index is 1.94. The van der Waals surface area contributed by atoms with Gasteiger partial charge in [0.1, 0.15) is 18.2 Å². The number of nitrogens with zero attached hydrogens (tertiary/aromatic N) is 1. The summed E-state index contributed by atoms with van der Waals surface area (Å²) in [4.78, 5) is 27.0. The van der Waals surface area contributed by atoms with Gasteiger partial charge in [-0.3, -0.25) is 9.59 Å². The molecule has 3 rings (SSSR count). The first kappa shape index (κ1) is 19.9. The van der Waals surface area contributed by atoms with Gasteiger partial charge in [-0.05, 0) is 50.2 Å². The molecule has 0 spiro atoms. The van der Waals surface area contributed by atoms with Crippen molar-refractivity contribution in [1.29, 1.82) is 0 Å². The molecule has 5 nitrogen and oxygen atoms in total. The molecule has 2 amide bonds. The van der Waals surface area contributed by atoms with Crippen LogP contribution >= 0.6 is 11.6 Å². The summed E-state index contributed by atoms with van der Waals surface area (Å²) in [5, 5.41) is 2.74. The van der Waals surface area contributed by atoms with Gasteiger partial charge in [-0.2, -0.15) is 0 Å². The topological polar surface area (TPSA) is 58.6 Å². The fourth-order valence-electron chi connectivity index (χ4n) is 2.91. The fraction of sp³-hybridized carbons (Fsp3) is 0.238. The minimum Gasteiger partial charge on any atom is -0.490 e. The highest BCUT2D eigenvalue weighted by atomic mass is 35.5. The van der Waals surface area contributed by atoms with Crippen LogP contribution in [0.5, 0.6) is 5.75 Å². The standard InChI is InChI=1S/C21H20ClFN2O3/c1-4-9-25-17-11-14(6-8-18(17)28-12-21(2,3)20(25)27)24-19(26)15-7-5-13(23)10-16(15)22/h4-8,10-11H,1,9,12H2,2-3H3,(H,24,26). The van der Waals surface area contributed by atoms with Crippen LogP contribution in [0.4, 0.5) is 15.8 Å². The number of fused-ring (bicyclic) bond motifs is 1. The molecular formula is C21H20ClFN2O3. The summed E-state index contributed by atoms with van der Waals surface area (Å²) in [7, 11) is 0. The molecule has 146 valence electrons. The van der Waals surface area contributed by atoms with Gasteiger partial charge in [-0.25, -0.2) is 4.39 Å². The van der Waals surface area contributed by atoms with E-state index in [-0.39, 0.29) is 23.1 Å². The van der Waals surface area contributed by atoms with Gasteiger partial charge >= 0.3 is 0 Å². The minimum absolute atomic E-state index is 0.0146. The van der Waals surface area contributed by atoms with Crippen LogP contribution < -0.4 is 15.0 Å². The van der Waals surface area contributed by atoms with Crippen molar-refractivity contribution in [1.82, 2.24) is 0 Å². The Labute approximate surface area is 167 Å². The molecule has 7 heteroatoms. The van der Waals surface area contributed by atoms with Crippen LogP contribution in [0.3, 0.4) is 0 Å². The van der Waals surface area contributed by atoms with Gasteiger partial charge in [0, 0.05) is 12.2 Å². The van der Waals surface area contributed by atoms with Crippen molar-refractivity contribution < 1.29 is 18.7 Å². The molecule has 0 bridgehead atoms. The first-order valence-corrected chi connectivity index (χ1v) is 9.07. The van der Waals surface area contributed by atoms with E-state index >= 15 is 0 Å². The number of anilines is 2. The second kappa shape index (κ2) is 7.64. The van der Waals surface area contributed by atoms with E-state index in [0.29, 0.717) is 23.7 Å². The van der Waals surface area contributed by atoms with Crippen LogP contribution in [0.15, 0.2) is 49.1 Å². The molecule has 1 N–H and O–H groups in total. The molecular weight excluding hydrogens is 383 g/mol. The van der Waals surface area contributed by atoms with E-state index in [4.69, 9.17) is 16.3 Å². The maximum Gasteiger partial charge on any atom is 0.257 e. The molecule has 0 unspecified atom stereocenters. The van der Waals surface area contributed by atoms with E-state index in [1.54, 1.807) is 29.2 Å². The van der Waals surface area contributed by atoms with E-state index in [2.05, 4.69) is 11.9 Å². The molecule has 0 saturated carbocycles. The highest BCUT2D eigenvalue weighted by Crippen LogP contribution is 2.38. The molecule has 0 atom stereocenters. The van der Waals surface area contributed by atoms with Crippen molar-refractivity contribution in [2.24, 2.45) is 5.41 Å². The molecule has 28 heavy (non-hydrogen) atoms. The third-order valence-electron chi connectivity index (χ3n) is 4.41. The molecule has 1 aliphatic rings. The van der Waals surface area contributed by atoms with Crippen molar-refractivity contribution in [2.45, 2.75) is 13.8 Å². The third kappa shape index (κ3) is 3.87. The summed E-state index contributed by atoms with van der Waals surface area (Å²) in [6.45, 7) is 7.89. The predicted molar refractivity (Wildman–Crippen MR) is 108 cm³/mol. The number of hydrogen-bond acceptors (Lipinski definition) is 3. The van der Waals surface area contributed by atoms with Gasteiger partial charge in [0.05, 0.1) is 21.7 Å². The lowest BCUT2D eigenvalue weighted by atomic mass is 9.93. The second-order valence-corrected chi connectivity index (χ2v) is 7.54. The number of carbonyl (C=O) groups excluding carboxylic acids is 2.